The molecule has 0 atom stereocenters. The number of hydrogen-bond acceptors (Lipinski definition) is 0. The largest absolute Gasteiger partial charge is 0.184 e. The van der Waals surface area contributed by atoms with E-state index in [1.54, 1.807) is 0 Å². The van der Waals surface area contributed by atoms with Gasteiger partial charge in [0.15, 0.2) is 0 Å². The second-order valence-corrected chi connectivity index (χ2v) is 15.9. The van der Waals surface area contributed by atoms with Crippen LogP contribution in [-0.2, 0) is 33.7 Å². The zero-order valence-corrected chi connectivity index (χ0v) is 29.0. The summed E-state index contributed by atoms with van der Waals surface area (Å²) < 4.78 is 0. The van der Waals surface area contributed by atoms with Crippen molar-refractivity contribution in [3.8, 4) is 22.3 Å². The van der Waals surface area contributed by atoms with E-state index in [9.17, 15) is 0 Å². The summed E-state index contributed by atoms with van der Waals surface area (Å²) in [5, 5.41) is 5.64. The Morgan fingerprint density at radius 3 is 2.23 bits per heavy atom. The van der Waals surface area contributed by atoms with E-state index in [4.69, 9.17) is 17.0 Å². The van der Waals surface area contributed by atoms with Crippen molar-refractivity contribution in [3.63, 3.8) is 0 Å². The van der Waals surface area contributed by atoms with Crippen LogP contribution >= 0.6 is 17.0 Å². The summed E-state index contributed by atoms with van der Waals surface area (Å²) in [6, 6.07) is 36.6. The first-order valence-electron chi connectivity index (χ1n) is 14.0. The molecule has 0 amide bonds. The standard InChI is InChI=1S/C24H29.C12H7Si.2ClH.Zr/c1-6-19-9-7-8-10-22(19)24-21(17(4)5)12-11-20-14-18(13-16(2)3)15-23(20)24;1-3-7-11-9(5-1)10-6-2-4-8-12(10)13-11;;;/h7-12,14-17H,6,13H2,1-5H3;1-7H;2*1H;/q2*-1;;;+4/p-2. The van der Waals surface area contributed by atoms with Crippen molar-refractivity contribution in [2.24, 2.45) is 5.92 Å². The first-order valence-corrected chi connectivity index (χ1v) is 21.3. The second-order valence-electron chi connectivity index (χ2n) is 10.9. The molecule has 0 saturated heterocycles. The first kappa shape index (κ1) is 31.1. The van der Waals surface area contributed by atoms with Crippen LogP contribution in [0.5, 0.6) is 0 Å². The van der Waals surface area contributed by atoms with Gasteiger partial charge in [-0.2, -0.15) is 35.5 Å². The van der Waals surface area contributed by atoms with Gasteiger partial charge in [-0.05, 0) is 35.8 Å². The van der Waals surface area contributed by atoms with Crippen molar-refractivity contribution in [2.45, 2.75) is 53.4 Å². The monoisotopic (exact) mass is 656 g/mol. The van der Waals surface area contributed by atoms with Gasteiger partial charge in [-0.1, -0.05) is 105 Å². The van der Waals surface area contributed by atoms with Gasteiger partial charge in [0.1, 0.15) is 0 Å². The maximum atomic E-state index is 4.93. The quantitative estimate of drug-likeness (QED) is 0.128. The predicted molar refractivity (Wildman–Crippen MR) is 174 cm³/mol. The molecule has 4 heteroatoms. The van der Waals surface area contributed by atoms with Gasteiger partial charge in [-0.15, -0.1) is 40.1 Å². The molecule has 0 bridgehead atoms. The summed E-state index contributed by atoms with van der Waals surface area (Å²) >= 11 is -0.826. The fourth-order valence-corrected chi connectivity index (χ4v) is 6.84. The molecule has 40 heavy (non-hydrogen) atoms. The van der Waals surface area contributed by atoms with Crippen LogP contribution in [0.1, 0.15) is 57.2 Å². The average Bonchev–Trinajstić information content (AvgIpc) is 3.53. The topological polar surface area (TPSA) is 0 Å². The molecule has 5 aromatic carbocycles. The number of halogens is 2. The molecule has 0 fully saturated rings. The second kappa shape index (κ2) is 14.9. The minimum atomic E-state index is -0.826. The molecule has 0 saturated carbocycles. The van der Waals surface area contributed by atoms with Crippen molar-refractivity contribution in [2.75, 3.05) is 0 Å². The van der Waals surface area contributed by atoms with Crippen molar-refractivity contribution in [1.82, 2.24) is 0 Å². The molecule has 0 unspecified atom stereocenters. The summed E-state index contributed by atoms with van der Waals surface area (Å²) in [6.45, 7) is 11.5. The fraction of sp³-hybridized carbons (Fsp3) is 0.250. The third kappa shape index (κ3) is 7.32. The zero-order valence-electron chi connectivity index (χ0n) is 24.0. The van der Waals surface area contributed by atoms with Gasteiger partial charge in [0, 0.05) is 0 Å². The van der Waals surface area contributed by atoms with Crippen LogP contribution in [0.15, 0.2) is 91.0 Å². The molecule has 202 valence electrons. The van der Waals surface area contributed by atoms with Crippen LogP contribution in [0.4, 0.5) is 0 Å². The molecular weight excluding hydrogens is 623 g/mol. The fourth-order valence-electron chi connectivity index (χ4n) is 5.53. The molecular formula is C36H36Cl2SiZr. The van der Waals surface area contributed by atoms with E-state index in [-0.39, 0.29) is 0 Å². The van der Waals surface area contributed by atoms with Gasteiger partial charge in [-0.3, -0.25) is 0 Å². The van der Waals surface area contributed by atoms with Crippen LogP contribution in [0.3, 0.4) is 0 Å². The Balaban J connectivity index is 0.000000192. The summed E-state index contributed by atoms with van der Waals surface area (Å²) in [7, 11) is 10.7. The van der Waals surface area contributed by atoms with E-state index in [1.807, 2.05) is 6.07 Å². The smallest absolute Gasteiger partial charge is 0.0920 e. The third-order valence-corrected chi connectivity index (χ3v) is 8.62. The Kier molecular flexibility index (Phi) is 11.6. The van der Waals surface area contributed by atoms with E-state index >= 15 is 0 Å². The maximum absolute atomic E-state index is 4.93. The molecule has 0 nitrogen and oxygen atoms in total. The average molecular weight is 659 g/mol. The Morgan fingerprint density at radius 2 is 1.52 bits per heavy atom. The Labute approximate surface area is 262 Å². The van der Waals surface area contributed by atoms with Gasteiger partial charge in [0.2, 0.25) is 0 Å². The molecule has 0 N–H and O–H groups in total. The minimum Gasteiger partial charge on any atom is -0.184 e. The number of rotatable bonds is 5. The van der Waals surface area contributed by atoms with Crippen LogP contribution in [0.25, 0.3) is 33.0 Å². The van der Waals surface area contributed by atoms with Crippen molar-refractivity contribution < 1.29 is 20.8 Å². The molecule has 0 aliphatic carbocycles. The maximum Gasteiger partial charge on any atom is 0.0920 e. The van der Waals surface area contributed by atoms with Crippen LogP contribution in [-0.4, -0.2) is 9.52 Å². The molecule has 0 spiro atoms. The normalized spacial score (nSPS) is 11.3. The summed E-state index contributed by atoms with van der Waals surface area (Å²) in [4.78, 5) is 0. The Morgan fingerprint density at radius 1 is 0.850 bits per heavy atom. The van der Waals surface area contributed by atoms with Gasteiger partial charge in [-0.25, -0.2) is 0 Å². The molecule has 5 aromatic rings. The van der Waals surface area contributed by atoms with Crippen molar-refractivity contribution in [3.05, 3.63) is 114 Å². The molecule has 0 aromatic heterocycles. The molecule has 1 aliphatic heterocycles. The van der Waals surface area contributed by atoms with E-state index in [0.717, 1.165) is 22.4 Å². The van der Waals surface area contributed by atoms with Crippen LogP contribution < -0.4 is 10.4 Å². The Hall–Kier alpha value is -1.83. The number of aryl methyl sites for hydroxylation is 1. The van der Waals surface area contributed by atoms with Crippen molar-refractivity contribution >= 4 is 47.7 Å². The number of hydrogen-bond donors (Lipinski definition) is 0. The van der Waals surface area contributed by atoms with Gasteiger partial charge >= 0.3 is 37.9 Å². The van der Waals surface area contributed by atoms with Crippen LogP contribution in [0, 0.1) is 12.0 Å². The van der Waals surface area contributed by atoms with E-state index in [0.29, 0.717) is 11.8 Å². The molecule has 6 rings (SSSR count). The van der Waals surface area contributed by atoms with E-state index < -0.39 is 20.8 Å². The molecule has 1 heterocycles. The van der Waals surface area contributed by atoms with Crippen molar-refractivity contribution in [1.29, 1.82) is 0 Å². The predicted octanol–water partition coefficient (Wildman–Crippen LogP) is 9.61. The first-order chi connectivity index (χ1) is 19.4. The molecule has 1 aliphatic rings. The SMILES string of the molecule is CCc1ccccc1-c1c(C(C)C)ccc2[cH-]c(CC(C)C)cc12.[Cl][Zr+2][Cl].[c-]1cccc2c1[Si]c1ccccc1-2. The van der Waals surface area contributed by atoms with E-state index in [1.165, 1.54) is 60.1 Å². The number of benzene rings is 4. The van der Waals surface area contributed by atoms with Gasteiger partial charge in [0.25, 0.3) is 0 Å². The van der Waals surface area contributed by atoms with E-state index in [2.05, 4.69) is 126 Å². The number of fused-ring (bicyclic) bond motifs is 4. The Bertz CT molecular complexity index is 1510. The third-order valence-electron chi connectivity index (χ3n) is 7.25. The summed E-state index contributed by atoms with van der Waals surface area (Å²) in [5.41, 5.74) is 10.0. The zero-order chi connectivity index (χ0) is 28.6. The minimum absolute atomic E-state index is 0.526. The van der Waals surface area contributed by atoms with Crippen LogP contribution in [0.2, 0.25) is 0 Å². The summed E-state index contributed by atoms with van der Waals surface area (Å²) in [6.07, 6.45) is 2.23. The summed E-state index contributed by atoms with van der Waals surface area (Å²) in [5.74, 6) is 1.22. The molecule has 2 radical (unpaired) electrons. The van der Waals surface area contributed by atoms with Gasteiger partial charge in [0.05, 0.1) is 9.52 Å². The van der Waals surface area contributed by atoms with Gasteiger partial charge < -0.3 is 0 Å².